The minimum absolute atomic E-state index is 0.0279. The van der Waals surface area contributed by atoms with E-state index >= 15 is 0 Å². The predicted octanol–water partition coefficient (Wildman–Crippen LogP) is 4.51. The van der Waals surface area contributed by atoms with Gasteiger partial charge in [0.1, 0.15) is 5.75 Å². The zero-order valence-electron chi connectivity index (χ0n) is 20.6. The van der Waals surface area contributed by atoms with Crippen LogP contribution < -0.4 is 15.0 Å². The highest BCUT2D eigenvalue weighted by atomic mass is 19.4. The van der Waals surface area contributed by atoms with Gasteiger partial charge in [-0.05, 0) is 36.4 Å². The molecule has 1 amide bonds. The van der Waals surface area contributed by atoms with E-state index in [0.717, 1.165) is 12.1 Å². The van der Waals surface area contributed by atoms with Crippen LogP contribution in [0, 0.1) is 11.3 Å². The van der Waals surface area contributed by atoms with Crippen molar-refractivity contribution < 1.29 is 22.7 Å². The molecule has 1 fully saturated rings. The Bertz CT molecular complexity index is 1570. The van der Waals surface area contributed by atoms with Crippen LogP contribution in [0.4, 0.5) is 30.8 Å². The van der Waals surface area contributed by atoms with Gasteiger partial charge in [-0.1, -0.05) is 12.1 Å². The van der Waals surface area contributed by atoms with E-state index in [4.69, 9.17) is 10.00 Å². The van der Waals surface area contributed by atoms with Crippen LogP contribution in [0.3, 0.4) is 0 Å². The molecule has 0 bridgehead atoms. The number of carbonyl (C=O) groups excluding carboxylic acids is 1. The Hall–Kier alpha value is -4.99. The molecule has 2 aromatic heterocycles. The number of anilines is 3. The summed E-state index contributed by atoms with van der Waals surface area (Å²) in [5, 5.41) is 12.6. The highest BCUT2D eigenvalue weighted by molar-refractivity contribution is 5.84. The van der Waals surface area contributed by atoms with E-state index < -0.39 is 17.3 Å². The molecule has 0 atom stereocenters. The molecule has 4 aromatic rings. The first-order chi connectivity index (χ1) is 18.7. The van der Waals surface area contributed by atoms with Gasteiger partial charge < -0.3 is 19.9 Å². The lowest BCUT2D eigenvalue weighted by Gasteiger charge is -2.34. The molecule has 0 aliphatic carbocycles. The second kappa shape index (κ2) is 10.4. The number of hydrogen-bond acceptors (Lipinski definition) is 9. The number of nitriles is 1. The Labute approximate surface area is 220 Å². The minimum atomic E-state index is -4.72. The molecule has 1 aliphatic rings. The van der Waals surface area contributed by atoms with Crippen LogP contribution in [0.1, 0.15) is 18.1 Å². The summed E-state index contributed by atoms with van der Waals surface area (Å²) in [5.74, 6) is 0.569. The fourth-order valence-corrected chi connectivity index (χ4v) is 4.15. The summed E-state index contributed by atoms with van der Waals surface area (Å²) in [4.78, 5) is 32.7. The first-order valence-corrected chi connectivity index (χ1v) is 11.9. The molecule has 10 nitrogen and oxygen atoms in total. The van der Waals surface area contributed by atoms with E-state index in [1.165, 1.54) is 13.0 Å². The van der Waals surface area contributed by atoms with Crippen molar-refractivity contribution in [2.24, 2.45) is 0 Å². The molecule has 1 saturated heterocycles. The molecule has 1 N–H and O–H groups in total. The highest BCUT2D eigenvalue weighted by Gasteiger charge is 2.34. The monoisotopic (exact) mass is 534 g/mol. The molecule has 198 valence electrons. The molecule has 0 saturated carbocycles. The van der Waals surface area contributed by atoms with Crippen molar-refractivity contribution in [3.05, 3.63) is 65.9 Å². The highest BCUT2D eigenvalue weighted by Crippen LogP contribution is 2.34. The summed E-state index contributed by atoms with van der Waals surface area (Å²) >= 11 is 0. The standard InChI is InChI=1S/C26H21F3N8O2/c1-16(38)36-10-12-37(13-11-36)24-33-23(32-18-7-6-17(15-30)20(14-18)26(27,28)29)34-25(35-24)39-22-8-9-31-21-5-3-2-4-19(21)22/h2-9,14H,10-13H2,1H3,(H,32,33,34,35). The van der Waals surface area contributed by atoms with Gasteiger partial charge in [-0.15, -0.1) is 0 Å². The molecule has 0 radical (unpaired) electrons. The minimum Gasteiger partial charge on any atom is -0.423 e. The zero-order valence-corrected chi connectivity index (χ0v) is 20.6. The lowest BCUT2D eigenvalue weighted by Crippen LogP contribution is -2.48. The number of hydrogen-bond donors (Lipinski definition) is 1. The van der Waals surface area contributed by atoms with Crippen molar-refractivity contribution >= 4 is 34.4 Å². The third-order valence-electron chi connectivity index (χ3n) is 6.12. The van der Waals surface area contributed by atoms with Crippen molar-refractivity contribution in [2.45, 2.75) is 13.1 Å². The Balaban J connectivity index is 1.51. The molecule has 39 heavy (non-hydrogen) atoms. The van der Waals surface area contributed by atoms with Gasteiger partial charge in [0.05, 0.1) is 22.7 Å². The third kappa shape index (κ3) is 5.64. The number of fused-ring (bicyclic) bond motifs is 1. The van der Waals surface area contributed by atoms with Gasteiger partial charge in [0.2, 0.25) is 17.8 Å². The average molecular weight is 535 g/mol. The van der Waals surface area contributed by atoms with Crippen molar-refractivity contribution in [1.29, 1.82) is 5.26 Å². The second-order valence-electron chi connectivity index (χ2n) is 8.66. The van der Waals surface area contributed by atoms with Crippen LogP contribution in [0.25, 0.3) is 10.9 Å². The van der Waals surface area contributed by atoms with Gasteiger partial charge in [-0.25, -0.2) is 0 Å². The van der Waals surface area contributed by atoms with E-state index in [2.05, 4.69) is 25.3 Å². The van der Waals surface area contributed by atoms with Crippen LogP contribution in [0.5, 0.6) is 11.8 Å². The number of amides is 1. The zero-order chi connectivity index (χ0) is 27.6. The number of ether oxygens (including phenoxy) is 1. The summed E-state index contributed by atoms with van der Waals surface area (Å²) in [6, 6.07) is 13.7. The van der Waals surface area contributed by atoms with E-state index in [-0.39, 0.29) is 29.5 Å². The van der Waals surface area contributed by atoms with E-state index in [1.54, 1.807) is 23.2 Å². The van der Waals surface area contributed by atoms with Crippen LogP contribution in [-0.4, -0.2) is 56.9 Å². The summed E-state index contributed by atoms with van der Waals surface area (Å²) in [6.07, 6.45) is -3.14. The predicted molar refractivity (Wildman–Crippen MR) is 136 cm³/mol. The number of carbonyl (C=O) groups is 1. The number of nitrogens with zero attached hydrogens (tertiary/aromatic N) is 7. The Morgan fingerprint density at radius 2 is 1.82 bits per heavy atom. The van der Waals surface area contributed by atoms with Crippen LogP contribution >= 0.6 is 0 Å². The fraction of sp³-hybridized carbons (Fsp3) is 0.231. The summed E-state index contributed by atoms with van der Waals surface area (Å²) in [7, 11) is 0. The maximum absolute atomic E-state index is 13.5. The van der Waals surface area contributed by atoms with Crippen molar-refractivity contribution in [2.75, 3.05) is 36.4 Å². The number of alkyl halides is 3. The Kier molecular flexibility index (Phi) is 6.84. The van der Waals surface area contributed by atoms with Crippen LogP contribution in [0.15, 0.2) is 54.7 Å². The first kappa shape index (κ1) is 25.7. The first-order valence-electron chi connectivity index (χ1n) is 11.9. The Morgan fingerprint density at radius 1 is 1.05 bits per heavy atom. The lowest BCUT2D eigenvalue weighted by molar-refractivity contribution is -0.137. The van der Waals surface area contributed by atoms with E-state index in [9.17, 15) is 18.0 Å². The van der Waals surface area contributed by atoms with Gasteiger partial charge >= 0.3 is 12.2 Å². The van der Waals surface area contributed by atoms with Crippen molar-refractivity contribution in [1.82, 2.24) is 24.8 Å². The SMILES string of the molecule is CC(=O)N1CCN(c2nc(Nc3ccc(C#N)c(C(F)(F)F)c3)nc(Oc3ccnc4ccccc34)n2)CC1. The number of para-hydroxylation sites is 1. The Morgan fingerprint density at radius 3 is 2.54 bits per heavy atom. The van der Waals surface area contributed by atoms with Gasteiger partial charge in [-0.2, -0.15) is 33.4 Å². The summed E-state index contributed by atoms with van der Waals surface area (Å²) in [6.45, 7) is 3.29. The molecule has 1 aliphatic heterocycles. The largest absolute Gasteiger partial charge is 0.423 e. The molecule has 13 heteroatoms. The number of aromatic nitrogens is 4. The van der Waals surface area contributed by atoms with E-state index in [1.807, 2.05) is 29.2 Å². The topological polar surface area (TPSA) is 120 Å². The molecular weight excluding hydrogens is 513 g/mol. The number of halogens is 3. The van der Waals surface area contributed by atoms with Crippen molar-refractivity contribution in [3.63, 3.8) is 0 Å². The average Bonchev–Trinajstić information content (AvgIpc) is 2.93. The number of nitrogens with one attached hydrogen (secondary N) is 1. The lowest BCUT2D eigenvalue weighted by atomic mass is 10.1. The molecule has 3 heterocycles. The summed E-state index contributed by atoms with van der Waals surface area (Å²) in [5.41, 5.74) is -0.855. The molecule has 5 rings (SSSR count). The molecule has 0 spiro atoms. The number of rotatable bonds is 5. The van der Waals surface area contributed by atoms with Gasteiger partial charge in [-0.3, -0.25) is 9.78 Å². The fourth-order valence-electron chi connectivity index (χ4n) is 4.15. The van der Waals surface area contributed by atoms with Gasteiger partial charge in [0.15, 0.2) is 0 Å². The van der Waals surface area contributed by atoms with Crippen LogP contribution in [-0.2, 0) is 11.0 Å². The number of piperazine rings is 1. The van der Waals surface area contributed by atoms with Gasteiger partial charge in [0, 0.05) is 50.4 Å². The van der Waals surface area contributed by atoms with Gasteiger partial charge in [0.25, 0.3) is 0 Å². The summed E-state index contributed by atoms with van der Waals surface area (Å²) < 4.78 is 46.5. The maximum atomic E-state index is 13.5. The molecule has 0 unspecified atom stereocenters. The quantitative estimate of drug-likeness (QED) is 0.394. The number of pyridine rings is 1. The normalized spacial score (nSPS) is 13.7. The third-order valence-corrected chi connectivity index (χ3v) is 6.12. The number of benzene rings is 2. The van der Waals surface area contributed by atoms with Crippen molar-refractivity contribution in [3.8, 4) is 17.8 Å². The molecule has 2 aromatic carbocycles. The maximum Gasteiger partial charge on any atom is 0.417 e. The smallest absolute Gasteiger partial charge is 0.417 e. The van der Waals surface area contributed by atoms with E-state index in [0.29, 0.717) is 42.8 Å². The second-order valence-corrected chi connectivity index (χ2v) is 8.66. The van der Waals surface area contributed by atoms with Crippen LogP contribution in [0.2, 0.25) is 0 Å². The molecular formula is C26H21F3N8O2.